The van der Waals surface area contributed by atoms with E-state index in [2.05, 4.69) is 13.8 Å². The van der Waals surface area contributed by atoms with Crippen LogP contribution in [0.4, 0.5) is 0 Å². The van der Waals surface area contributed by atoms with Crippen molar-refractivity contribution < 1.29 is 53.9 Å². The molecule has 3 saturated heterocycles. The van der Waals surface area contributed by atoms with E-state index < -0.39 is 59.8 Å². The SMILES string of the molecule is C[C@@H]1O[C@H](O[C@H]2CC[C@@]3(C)[C@H](CC[C@@H]4[C@@H]3CC[C@]3(C)[C@@H]([C@@]56COC(=O)[C@H](OO5)O6)CC[C@]43O)C2)[C@H](O)[C@H](O)[C@H]1O. The summed E-state index contributed by atoms with van der Waals surface area (Å²) in [5.41, 5.74) is -1.29. The molecule has 11 nitrogen and oxygen atoms in total. The van der Waals surface area contributed by atoms with E-state index in [9.17, 15) is 25.2 Å². The fourth-order valence-electron chi connectivity index (χ4n) is 10.3. The van der Waals surface area contributed by atoms with Crippen molar-refractivity contribution in [3.63, 3.8) is 0 Å². The number of rotatable bonds is 3. The minimum Gasteiger partial charge on any atom is -0.456 e. The highest BCUT2D eigenvalue weighted by atomic mass is 17.3. The Bertz CT molecular complexity index is 1030. The number of hydrogen-bond acceptors (Lipinski definition) is 11. The van der Waals surface area contributed by atoms with E-state index in [1.54, 1.807) is 6.92 Å². The van der Waals surface area contributed by atoms with E-state index in [4.69, 9.17) is 28.7 Å². The van der Waals surface area contributed by atoms with Crippen LogP contribution >= 0.6 is 0 Å². The predicted octanol–water partition coefficient (Wildman–Crippen LogP) is 1.53. The van der Waals surface area contributed by atoms with Crippen LogP contribution in [0.3, 0.4) is 0 Å². The molecule has 4 aliphatic carbocycles. The molecule has 0 aromatic rings. The number of cyclic esters (lactones) is 1. The summed E-state index contributed by atoms with van der Waals surface area (Å²) < 4.78 is 23.3. The van der Waals surface area contributed by atoms with E-state index in [0.29, 0.717) is 24.7 Å². The third-order valence-corrected chi connectivity index (χ3v) is 12.7. The highest BCUT2D eigenvalue weighted by molar-refractivity contribution is 5.74. The van der Waals surface area contributed by atoms with Gasteiger partial charge in [-0.2, -0.15) is 9.78 Å². The Morgan fingerprint density at radius 2 is 1.73 bits per heavy atom. The molecule has 2 bridgehead atoms. The summed E-state index contributed by atoms with van der Waals surface area (Å²) in [5.74, 6) is -0.969. The van der Waals surface area contributed by atoms with Crippen LogP contribution in [-0.2, 0) is 33.5 Å². The van der Waals surface area contributed by atoms with Crippen LogP contribution in [-0.4, -0.2) is 87.5 Å². The Labute approximate surface area is 234 Å². The van der Waals surface area contributed by atoms with Gasteiger partial charge in [0, 0.05) is 11.3 Å². The number of carbonyl (C=O) groups excluding carboxylic acids is 1. The number of carbonyl (C=O) groups is 1. The molecule has 3 aliphatic heterocycles. The third kappa shape index (κ3) is 3.72. The Balaban J connectivity index is 1.06. The lowest BCUT2D eigenvalue weighted by Crippen LogP contribution is -2.65. The van der Waals surface area contributed by atoms with Crippen LogP contribution in [0.1, 0.15) is 78.6 Å². The number of ether oxygens (including phenoxy) is 4. The molecule has 226 valence electrons. The molecule has 7 fully saturated rings. The van der Waals surface area contributed by atoms with Crippen LogP contribution in [0.2, 0.25) is 0 Å². The Morgan fingerprint density at radius 1 is 0.925 bits per heavy atom. The molecule has 0 radical (unpaired) electrons. The molecule has 0 unspecified atom stereocenters. The van der Waals surface area contributed by atoms with E-state index in [-0.39, 0.29) is 30.0 Å². The third-order valence-electron chi connectivity index (χ3n) is 12.7. The van der Waals surface area contributed by atoms with Gasteiger partial charge in [-0.3, -0.25) is 0 Å². The van der Waals surface area contributed by atoms with Gasteiger partial charge < -0.3 is 39.4 Å². The fourth-order valence-corrected chi connectivity index (χ4v) is 10.3. The first-order chi connectivity index (χ1) is 18.9. The minimum atomic E-state index is -1.30. The Kier molecular flexibility index (Phi) is 6.49. The van der Waals surface area contributed by atoms with E-state index in [1.165, 1.54) is 0 Å². The second kappa shape index (κ2) is 9.30. The maximum atomic E-state index is 12.5. The van der Waals surface area contributed by atoms with Crippen molar-refractivity contribution in [1.29, 1.82) is 0 Å². The predicted molar refractivity (Wildman–Crippen MR) is 135 cm³/mol. The van der Waals surface area contributed by atoms with Gasteiger partial charge in [0.1, 0.15) is 24.9 Å². The van der Waals surface area contributed by atoms with Gasteiger partial charge in [-0.05, 0) is 87.9 Å². The van der Waals surface area contributed by atoms with Crippen molar-refractivity contribution in [3.05, 3.63) is 0 Å². The number of aliphatic hydroxyl groups is 4. The summed E-state index contributed by atoms with van der Waals surface area (Å²) in [5, 5.41) is 43.2. The van der Waals surface area contributed by atoms with Crippen molar-refractivity contribution in [2.75, 3.05) is 6.61 Å². The maximum absolute atomic E-state index is 12.5. The van der Waals surface area contributed by atoms with Crippen LogP contribution in [0.25, 0.3) is 0 Å². The van der Waals surface area contributed by atoms with Crippen LogP contribution in [0, 0.1) is 34.5 Å². The van der Waals surface area contributed by atoms with Gasteiger partial charge >= 0.3 is 5.97 Å². The highest BCUT2D eigenvalue weighted by Gasteiger charge is 2.73. The first-order valence-electron chi connectivity index (χ1n) is 15.2. The summed E-state index contributed by atoms with van der Waals surface area (Å²) in [6.07, 6.45) is 1.07. The zero-order chi connectivity index (χ0) is 28.2. The zero-order valence-electron chi connectivity index (χ0n) is 23.6. The van der Waals surface area contributed by atoms with Gasteiger partial charge in [-0.25, -0.2) is 4.79 Å². The van der Waals surface area contributed by atoms with Gasteiger partial charge in [0.2, 0.25) is 5.79 Å². The minimum absolute atomic E-state index is 0.0257. The van der Waals surface area contributed by atoms with Crippen molar-refractivity contribution >= 4 is 5.97 Å². The number of esters is 1. The molecule has 40 heavy (non-hydrogen) atoms. The van der Waals surface area contributed by atoms with Crippen molar-refractivity contribution in [2.24, 2.45) is 34.5 Å². The van der Waals surface area contributed by atoms with Gasteiger partial charge in [0.15, 0.2) is 6.29 Å². The summed E-state index contributed by atoms with van der Waals surface area (Å²) in [6.45, 7) is 6.19. The summed E-state index contributed by atoms with van der Waals surface area (Å²) in [6, 6.07) is 0. The summed E-state index contributed by atoms with van der Waals surface area (Å²) in [4.78, 5) is 22.8. The molecule has 4 saturated carbocycles. The lowest BCUT2D eigenvalue weighted by atomic mass is 9.43. The second-order valence-electron chi connectivity index (χ2n) is 14.2. The average molecular weight is 569 g/mol. The summed E-state index contributed by atoms with van der Waals surface area (Å²) >= 11 is 0. The van der Waals surface area contributed by atoms with E-state index in [0.717, 1.165) is 44.9 Å². The molecular weight excluding hydrogens is 524 g/mol. The monoisotopic (exact) mass is 568 g/mol. The molecule has 0 amide bonds. The van der Waals surface area contributed by atoms with Crippen molar-refractivity contribution in [3.8, 4) is 0 Å². The quantitative estimate of drug-likeness (QED) is 0.223. The van der Waals surface area contributed by atoms with E-state index >= 15 is 0 Å². The molecule has 11 heteroatoms. The number of hydrogen-bond donors (Lipinski definition) is 4. The molecule has 15 atom stereocenters. The topological polar surface area (TPSA) is 153 Å². The molecule has 0 spiro atoms. The first-order valence-corrected chi connectivity index (χ1v) is 15.2. The fraction of sp³-hybridized carbons (Fsp3) is 0.966. The molecule has 3 heterocycles. The summed E-state index contributed by atoms with van der Waals surface area (Å²) in [7, 11) is 0. The van der Waals surface area contributed by atoms with Crippen molar-refractivity contribution in [2.45, 2.75) is 133 Å². The van der Waals surface area contributed by atoms with Crippen LogP contribution < -0.4 is 0 Å². The van der Waals surface area contributed by atoms with Gasteiger partial charge in [-0.15, -0.1) is 0 Å². The van der Waals surface area contributed by atoms with Gasteiger partial charge in [0.25, 0.3) is 6.29 Å². The standard InChI is InChI=1S/C29H44O11/c1-14-20(30)21(31)22(32)24(36-14)37-16-6-9-26(2)15(12-16)4-5-18-17(26)7-10-27(3)19(8-11-28(18,27)34)29-13-35-23(33)25(38-29)39-40-29/h14-22,24-25,30-32,34H,4-13H2,1-3H3/t14-,15+,16-,17-,18+,19-,20-,21+,22+,24+,25-,26-,27+,28-,29+/m0/s1. The Morgan fingerprint density at radius 3 is 2.52 bits per heavy atom. The smallest absolute Gasteiger partial charge is 0.366 e. The number of aliphatic hydroxyl groups excluding tert-OH is 3. The molecule has 4 N–H and O–H groups in total. The molecule has 0 aromatic heterocycles. The number of fused-ring (bicyclic) bond motifs is 7. The largest absolute Gasteiger partial charge is 0.456 e. The lowest BCUT2D eigenvalue weighted by molar-refractivity contribution is -0.356. The normalized spacial score (nSPS) is 59.5. The average Bonchev–Trinajstić information content (AvgIpc) is 3.44. The highest BCUT2D eigenvalue weighted by Crippen LogP contribution is 2.71. The van der Waals surface area contributed by atoms with Gasteiger partial charge in [-0.1, -0.05) is 13.8 Å². The van der Waals surface area contributed by atoms with Crippen LogP contribution in [0.5, 0.6) is 0 Å². The van der Waals surface area contributed by atoms with Crippen LogP contribution in [0.15, 0.2) is 0 Å². The maximum Gasteiger partial charge on any atom is 0.366 e. The second-order valence-corrected chi connectivity index (χ2v) is 14.2. The molecule has 7 aliphatic rings. The molecule has 0 aromatic carbocycles. The molecule has 7 rings (SSSR count). The van der Waals surface area contributed by atoms with E-state index in [1.807, 2.05) is 0 Å². The van der Waals surface area contributed by atoms with Crippen molar-refractivity contribution in [1.82, 2.24) is 0 Å². The molecular formula is C29H44O11. The first kappa shape index (κ1) is 27.9. The Hall–Kier alpha value is -0.890. The van der Waals surface area contributed by atoms with Gasteiger partial charge in [0.05, 0.1) is 17.8 Å². The zero-order valence-corrected chi connectivity index (χ0v) is 23.6. The lowest BCUT2D eigenvalue weighted by Gasteiger charge is -2.64.